The molecule has 1 aromatic carbocycles. The van der Waals surface area contributed by atoms with Gasteiger partial charge in [-0.15, -0.1) is 11.6 Å². The fourth-order valence-corrected chi connectivity index (χ4v) is 2.93. The van der Waals surface area contributed by atoms with Crippen molar-refractivity contribution in [3.8, 4) is 0 Å². The minimum Gasteiger partial charge on any atom is -0.354 e. The van der Waals surface area contributed by atoms with Crippen LogP contribution in [-0.2, 0) is 10.7 Å². The summed E-state index contributed by atoms with van der Waals surface area (Å²) in [4.78, 5) is 15.9. The molecule has 1 N–H and O–H groups in total. The normalized spacial score (nSPS) is 19.4. The topological polar surface area (TPSA) is 46.9 Å². The van der Waals surface area contributed by atoms with Gasteiger partial charge in [0.05, 0.1) is 23.0 Å². The Bertz CT molecular complexity index is 625. The average molecular weight is 329 g/mol. The first-order chi connectivity index (χ1) is 8.69. The third kappa shape index (κ3) is 1.91. The molecule has 0 radical (unpaired) electrons. The van der Waals surface area contributed by atoms with Gasteiger partial charge in [-0.25, -0.2) is 4.98 Å². The van der Waals surface area contributed by atoms with Gasteiger partial charge in [0.15, 0.2) is 0 Å². The number of fused-ring (bicyclic) bond motifs is 1. The number of benzene rings is 1. The van der Waals surface area contributed by atoms with E-state index in [1.807, 2.05) is 18.2 Å². The average Bonchev–Trinajstić information content (AvgIpc) is 2.91. The van der Waals surface area contributed by atoms with Crippen LogP contribution in [-0.4, -0.2) is 22.0 Å². The third-order valence-electron chi connectivity index (χ3n) is 3.17. The highest BCUT2D eigenvalue weighted by Gasteiger charge is 2.26. The van der Waals surface area contributed by atoms with Crippen LogP contribution in [0, 0.1) is 0 Å². The lowest BCUT2D eigenvalue weighted by Gasteiger charge is -2.13. The van der Waals surface area contributed by atoms with Gasteiger partial charge in [0, 0.05) is 17.4 Å². The highest BCUT2D eigenvalue weighted by atomic mass is 79.9. The molecule has 1 aliphatic rings. The van der Waals surface area contributed by atoms with Crippen molar-refractivity contribution >= 4 is 44.5 Å². The Morgan fingerprint density at radius 3 is 3.06 bits per heavy atom. The third-order valence-corrected chi connectivity index (χ3v) is 3.90. The molecule has 1 unspecified atom stereocenters. The van der Waals surface area contributed by atoms with Crippen LogP contribution in [0.1, 0.15) is 18.3 Å². The van der Waals surface area contributed by atoms with E-state index >= 15 is 0 Å². The molecule has 6 heteroatoms. The predicted molar refractivity (Wildman–Crippen MR) is 73.7 cm³/mol. The first-order valence-corrected chi connectivity index (χ1v) is 7.01. The van der Waals surface area contributed by atoms with Crippen molar-refractivity contribution in [2.75, 3.05) is 6.54 Å². The van der Waals surface area contributed by atoms with Crippen molar-refractivity contribution in [1.82, 2.24) is 14.9 Å². The van der Waals surface area contributed by atoms with E-state index in [0.717, 1.165) is 21.3 Å². The number of rotatable bonds is 2. The molecular formula is C12H11BrClN3O. The van der Waals surface area contributed by atoms with Crippen molar-refractivity contribution in [2.24, 2.45) is 0 Å². The Morgan fingerprint density at radius 2 is 2.39 bits per heavy atom. The summed E-state index contributed by atoms with van der Waals surface area (Å²) in [7, 11) is 0. The van der Waals surface area contributed by atoms with Gasteiger partial charge in [0.2, 0.25) is 5.91 Å². The summed E-state index contributed by atoms with van der Waals surface area (Å²) in [5.74, 6) is 1.24. The molecule has 4 nitrogen and oxygen atoms in total. The number of alkyl halides is 1. The second-order valence-corrected chi connectivity index (χ2v) is 5.51. The summed E-state index contributed by atoms with van der Waals surface area (Å²) >= 11 is 9.42. The molecule has 1 saturated heterocycles. The maximum atomic E-state index is 11.4. The smallest absolute Gasteiger partial charge is 0.222 e. The molecule has 0 bridgehead atoms. The molecule has 1 aliphatic heterocycles. The van der Waals surface area contributed by atoms with E-state index in [9.17, 15) is 4.79 Å². The molecule has 1 fully saturated rings. The highest BCUT2D eigenvalue weighted by molar-refractivity contribution is 9.10. The first kappa shape index (κ1) is 12.0. The summed E-state index contributed by atoms with van der Waals surface area (Å²) in [6.45, 7) is 0.640. The number of nitrogens with zero attached hydrogens (tertiary/aromatic N) is 2. The van der Waals surface area contributed by atoms with Crippen molar-refractivity contribution < 1.29 is 4.79 Å². The van der Waals surface area contributed by atoms with Crippen molar-refractivity contribution in [3.05, 3.63) is 28.5 Å². The molecule has 1 atom stereocenters. The second-order valence-electron chi connectivity index (χ2n) is 4.33. The van der Waals surface area contributed by atoms with Crippen LogP contribution >= 0.6 is 27.5 Å². The van der Waals surface area contributed by atoms with Gasteiger partial charge in [-0.3, -0.25) is 4.79 Å². The Hall–Kier alpha value is -1.07. The summed E-state index contributed by atoms with van der Waals surface area (Å²) in [6, 6.07) is 6.03. The van der Waals surface area contributed by atoms with Crippen LogP contribution in [0.3, 0.4) is 0 Å². The monoisotopic (exact) mass is 327 g/mol. The van der Waals surface area contributed by atoms with Crippen LogP contribution < -0.4 is 5.32 Å². The number of amides is 1. The highest BCUT2D eigenvalue weighted by Crippen LogP contribution is 2.28. The van der Waals surface area contributed by atoms with Crippen LogP contribution in [0.25, 0.3) is 11.0 Å². The minimum absolute atomic E-state index is 0.0809. The fraction of sp³-hybridized carbons (Fsp3) is 0.333. The van der Waals surface area contributed by atoms with Gasteiger partial charge in [0.25, 0.3) is 0 Å². The van der Waals surface area contributed by atoms with E-state index in [4.69, 9.17) is 11.6 Å². The van der Waals surface area contributed by atoms with Gasteiger partial charge in [0.1, 0.15) is 5.82 Å². The number of carbonyl (C=O) groups is 1. The second kappa shape index (κ2) is 4.55. The van der Waals surface area contributed by atoms with Gasteiger partial charge in [-0.05, 0) is 18.2 Å². The number of halogens is 2. The Balaban J connectivity index is 2.18. The molecule has 0 aliphatic carbocycles. The molecule has 2 heterocycles. The lowest BCUT2D eigenvalue weighted by molar-refractivity contribution is -0.119. The molecule has 18 heavy (non-hydrogen) atoms. The van der Waals surface area contributed by atoms with E-state index in [2.05, 4.69) is 30.8 Å². The summed E-state index contributed by atoms with van der Waals surface area (Å²) in [5.41, 5.74) is 1.93. The van der Waals surface area contributed by atoms with Gasteiger partial charge < -0.3 is 9.88 Å². The Morgan fingerprint density at radius 1 is 1.56 bits per heavy atom. The van der Waals surface area contributed by atoms with Gasteiger partial charge in [-0.2, -0.15) is 0 Å². The molecular weight excluding hydrogens is 318 g/mol. The van der Waals surface area contributed by atoms with Crippen LogP contribution in [0.5, 0.6) is 0 Å². The van der Waals surface area contributed by atoms with E-state index in [1.54, 1.807) is 0 Å². The number of aromatic nitrogens is 2. The molecule has 1 amide bonds. The molecule has 94 valence electrons. The predicted octanol–water partition coefficient (Wildman–Crippen LogP) is 2.60. The number of imidazole rings is 1. The van der Waals surface area contributed by atoms with Crippen molar-refractivity contribution in [2.45, 2.75) is 18.3 Å². The molecule has 1 aromatic heterocycles. The lowest BCUT2D eigenvalue weighted by atomic mass is 10.2. The van der Waals surface area contributed by atoms with Gasteiger partial charge in [-0.1, -0.05) is 15.9 Å². The molecule has 0 saturated carbocycles. The van der Waals surface area contributed by atoms with E-state index in [1.165, 1.54) is 0 Å². The number of hydrogen-bond acceptors (Lipinski definition) is 2. The summed E-state index contributed by atoms with van der Waals surface area (Å²) in [6.07, 6.45) is 0.488. The SMILES string of the molecule is O=C1CC(n2c(CCl)nc3ccc(Br)cc32)CN1. The first-order valence-electron chi connectivity index (χ1n) is 5.68. The maximum Gasteiger partial charge on any atom is 0.222 e. The molecule has 0 spiro atoms. The fourth-order valence-electron chi connectivity index (χ4n) is 2.39. The Kier molecular flexibility index (Phi) is 3.03. The van der Waals surface area contributed by atoms with Crippen LogP contribution in [0.4, 0.5) is 0 Å². The van der Waals surface area contributed by atoms with E-state index in [0.29, 0.717) is 18.8 Å². The summed E-state index contributed by atoms with van der Waals surface area (Å²) < 4.78 is 3.07. The van der Waals surface area contributed by atoms with Crippen molar-refractivity contribution in [1.29, 1.82) is 0 Å². The van der Waals surface area contributed by atoms with E-state index in [-0.39, 0.29) is 11.9 Å². The number of carbonyl (C=O) groups excluding carboxylic acids is 1. The molecule has 3 rings (SSSR count). The summed E-state index contributed by atoms with van der Waals surface area (Å²) in [5, 5.41) is 2.85. The number of hydrogen-bond donors (Lipinski definition) is 1. The van der Waals surface area contributed by atoms with E-state index < -0.39 is 0 Å². The zero-order valence-electron chi connectivity index (χ0n) is 9.49. The lowest BCUT2D eigenvalue weighted by Crippen LogP contribution is -2.16. The van der Waals surface area contributed by atoms with Crippen LogP contribution in [0.15, 0.2) is 22.7 Å². The maximum absolute atomic E-state index is 11.4. The van der Waals surface area contributed by atoms with Crippen molar-refractivity contribution in [3.63, 3.8) is 0 Å². The largest absolute Gasteiger partial charge is 0.354 e. The van der Waals surface area contributed by atoms with Gasteiger partial charge >= 0.3 is 0 Å². The number of nitrogens with one attached hydrogen (secondary N) is 1. The quantitative estimate of drug-likeness (QED) is 0.861. The zero-order chi connectivity index (χ0) is 12.7. The minimum atomic E-state index is 0.0809. The van der Waals surface area contributed by atoms with Crippen LogP contribution in [0.2, 0.25) is 0 Å². The molecule has 2 aromatic rings. The Labute approximate surface area is 117 Å². The zero-order valence-corrected chi connectivity index (χ0v) is 11.8. The standard InChI is InChI=1S/C12H11BrClN3O/c13-7-1-2-9-10(3-7)17(11(5-14)16-9)8-4-12(18)15-6-8/h1-3,8H,4-6H2,(H,15,18).